The molecule has 0 aliphatic heterocycles. The molecule has 2 N–H and O–H groups in total. The zero-order chi connectivity index (χ0) is 15.8. The number of hydrogen-bond acceptors (Lipinski definition) is 2. The lowest BCUT2D eigenvalue weighted by molar-refractivity contribution is 0.179. The van der Waals surface area contributed by atoms with Gasteiger partial charge in [0.15, 0.2) is 5.96 Å². The predicted octanol–water partition coefficient (Wildman–Crippen LogP) is 2.23. The molecule has 1 aromatic heterocycles. The van der Waals surface area contributed by atoms with Crippen LogP contribution in [0.1, 0.15) is 13.3 Å². The summed E-state index contributed by atoms with van der Waals surface area (Å²) in [6, 6.07) is 10.9. The van der Waals surface area contributed by atoms with Gasteiger partial charge in [0.2, 0.25) is 0 Å². The summed E-state index contributed by atoms with van der Waals surface area (Å²) in [4.78, 5) is 4.23. The molecule has 0 radical (unpaired) electrons. The Balaban J connectivity index is 1.76. The van der Waals surface area contributed by atoms with Gasteiger partial charge in [-0.3, -0.25) is 4.99 Å². The molecular weight excluding hydrogens is 276 g/mol. The molecule has 0 fully saturated rings. The summed E-state index contributed by atoms with van der Waals surface area (Å²) < 4.78 is 7.41. The highest BCUT2D eigenvalue weighted by Crippen LogP contribution is 2.15. The highest BCUT2D eigenvalue weighted by molar-refractivity contribution is 5.80. The number of benzene rings is 1. The molecular formula is C17H26N4O. The maximum Gasteiger partial charge on any atom is 0.191 e. The number of aryl methyl sites for hydroxylation is 1. The van der Waals surface area contributed by atoms with E-state index >= 15 is 0 Å². The maximum absolute atomic E-state index is 5.12. The lowest BCUT2D eigenvalue weighted by Crippen LogP contribution is -2.44. The second-order valence-electron chi connectivity index (χ2n) is 5.42. The summed E-state index contributed by atoms with van der Waals surface area (Å²) >= 11 is 0. The largest absolute Gasteiger partial charge is 0.383 e. The first kappa shape index (κ1) is 16.4. The standard InChI is InChI=1S/C17H26N4O/c1-14(13-22-3)20-17(18-2)19-10-6-11-21-12-9-15-7-4-5-8-16(15)21/h4-5,7-9,12,14H,6,10-11,13H2,1-3H3,(H2,18,19,20). The molecule has 0 saturated carbocycles. The van der Waals surface area contributed by atoms with E-state index in [1.165, 1.54) is 10.9 Å². The fraction of sp³-hybridized carbons (Fsp3) is 0.471. The van der Waals surface area contributed by atoms with Crippen molar-refractivity contribution in [2.45, 2.75) is 25.9 Å². The zero-order valence-corrected chi connectivity index (χ0v) is 13.7. The summed E-state index contributed by atoms with van der Waals surface area (Å²) in [7, 11) is 3.49. The number of hydrogen-bond donors (Lipinski definition) is 2. The Hall–Kier alpha value is -2.01. The molecule has 0 spiro atoms. The van der Waals surface area contributed by atoms with Crippen molar-refractivity contribution in [2.75, 3.05) is 27.3 Å². The molecule has 1 aromatic carbocycles. The second kappa shape index (κ2) is 8.44. The minimum atomic E-state index is 0.240. The Morgan fingerprint density at radius 1 is 1.32 bits per heavy atom. The van der Waals surface area contributed by atoms with Crippen LogP contribution in [0.5, 0.6) is 0 Å². The van der Waals surface area contributed by atoms with Crippen molar-refractivity contribution >= 4 is 16.9 Å². The van der Waals surface area contributed by atoms with Gasteiger partial charge in [-0.15, -0.1) is 0 Å². The molecule has 0 aliphatic rings. The number of aromatic nitrogens is 1. The highest BCUT2D eigenvalue weighted by atomic mass is 16.5. The SMILES string of the molecule is CN=C(NCCCn1ccc2ccccc21)NC(C)COC. The summed E-state index contributed by atoms with van der Waals surface area (Å²) in [5, 5.41) is 7.93. The minimum Gasteiger partial charge on any atom is -0.383 e. The van der Waals surface area contributed by atoms with Crippen LogP contribution in [-0.2, 0) is 11.3 Å². The number of fused-ring (bicyclic) bond motifs is 1. The fourth-order valence-electron chi connectivity index (χ4n) is 2.51. The fourth-order valence-corrected chi connectivity index (χ4v) is 2.51. The summed E-state index contributed by atoms with van der Waals surface area (Å²) in [6.45, 7) is 4.61. The van der Waals surface area contributed by atoms with E-state index in [2.05, 4.69) is 63.6 Å². The Bertz CT molecular complexity index is 605. The van der Waals surface area contributed by atoms with Gasteiger partial charge in [0.25, 0.3) is 0 Å². The van der Waals surface area contributed by atoms with E-state index in [-0.39, 0.29) is 6.04 Å². The zero-order valence-electron chi connectivity index (χ0n) is 13.7. The number of guanidine groups is 1. The molecule has 1 unspecified atom stereocenters. The predicted molar refractivity (Wildman–Crippen MR) is 92.4 cm³/mol. The molecule has 5 heteroatoms. The molecule has 22 heavy (non-hydrogen) atoms. The van der Waals surface area contributed by atoms with Gasteiger partial charge < -0.3 is 19.9 Å². The van der Waals surface area contributed by atoms with Gasteiger partial charge in [-0.05, 0) is 30.9 Å². The number of nitrogens with zero attached hydrogens (tertiary/aromatic N) is 2. The number of rotatable bonds is 7. The van der Waals surface area contributed by atoms with E-state index in [1.54, 1.807) is 14.2 Å². The van der Waals surface area contributed by atoms with Crippen molar-refractivity contribution in [3.8, 4) is 0 Å². The first-order valence-corrected chi connectivity index (χ1v) is 7.74. The van der Waals surface area contributed by atoms with Crippen molar-refractivity contribution in [3.63, 3.8) is 0 Å². The molecule has 1 heterocycles. The van der Waals surface area contributed by atoms with Gasteiger partial charge in [-0.1, -0.05) is 18.2 Å². The molecule has 2 rings (SSSR count). The van der Waals surface area contributed by atoms with E-state index < -0.39 is 0 Å². The van der Waals surface area contributed by atoms with Crippen LogP contribution in [0.4, 0.5) is 0 Å². The van der Waals surface area contributed by atoms with Crippen molar-refractivity contribution in [3.05, 3.63) is 36.5 Å². The number of methoxy groups -OCH3 is 1. The third kappa shape index (κ3) is 4.49. The molecule has 2 aromatic rings. The molecule has 0 saturated heterocycles. The van der Waals surface area contributed by atoms with Crippen molar-refractivity contribution < 1.29 is 4.74 Å². The molecule has 120 valence electrons. The third-order valence-corrected chi connectivity index (χ3v) is 3.57. The van der Waals surface area contributed by atoms with Crippen LogP contribution in [0, 0.1) is 0 Å². The number of ether oxygens (including phenoxy) is 1. The van der Waals surface area contributed by atoms with Crippen LogP contribution < -0.4 is 10.6 Å². The van der Waals surface area contributed by atoms with Crippen LogP contribution in [0.3, 0.4) is 0 Å². The monoisotopic (exact) mass is 302 g/mol. The number of aliphatic imine (C=N–C) groups is 1. The third-order valence-electron chi connectivity index (χ3n) is 3.57. The first-order valence-electron chi connectivity index (χ1n) is 7.74. The molecule has 0 aliphatic carbocycles. The molecule has 0 bridgehead atoms. The van der Waals surface area contributed by atoms with Crippen LogP contribution in [0.2, 0.25) is 0 Å². The Morgan fingerprint density at radius 2 is 2.14 bits per heavy atom. The average Bonchev–Trinajstić information content (AvgIpc) is 2.94. The van der Waals surface area contributed by atoms with Crippen LogP contribution in [-0.4, -0.2) is 43.9 Å². The van der Waals surface area contributed by atoms with Crippen LogP contribution in [0.25, 0.3) is 10.9 Å². The summed E-state index contributed by atoms with van der Waals surface area (Å²) in [6.07, 6.45) is 3.19. The van der Waals surface area contributed by atoms with Gasteiger partial charge in [0, 0.05) is 45.0 Å². The smallest absolute Gasteiger partial charge is 0.191 e. The van der Waals surface area contributed by atoms with E-state index in [0.29, 0.717) is 6.61 Å². The second-order valence-corrected chi connectivity index (χ2v) is 5.42. The minimum absolute atomic E-state index is 0.240. The van der Waals surface area contributed by atoms with Gasteiger partial charge in [-0.25, -0.2) is 0 Å². The Kier molecular flexibility index (Phi) is 6.27. The van der Waals surface area contributed by atoms with E-state index in [9.17, 15) is 0 Å². The lowest BCUT2D eigenvalue weighted by atomic mass is 10.2. The van der Waals surface area contributed by atoms with Gasteiger partial charge >= 0.3 is 0 Å². The molecule has 0 amide bonds. The van der Waals surface area contributed by atoms with Crippen molar-refractivity contribution in [1.82, 2.24) is 15.2 Å². The van der Waals surface area contributed by atoms with Crippen molar-refractivity contribution in [2.24, 2.45) is 4.99 Å². The van der Waals surface area contributed by atoms with E-state index in [0.717, 1.165) is 25.5 Å². The molecule has 5 nitrogen and oxygen atoms in total. The van der Waals surface area contributed by atoms with Gasteiger partial charge in [-0.2, -0.15) is 0 Å². The summed E-state index contributed by atoms with van der Waals surface area (Å²) in [5.41, 5.74) is 1.29. The Labute approximate surface area is 132 Å². The average molecular weight is 302 g/mol. The van der Waals surface area contributed by atoms with Gasteiger partial charge in [0.1, 0.15) is 0 Å². The number of para-hydroxylation sites is 1. The van der Waals surface area contributed by atoms with Gasteiger partial charge in [0.05, 0.1) is 6.61 Å². The molecule has 1 atom stereocenters. The first-order chi connectivity index (χ1) is 10.7. The van der Waals surface area contributed by atoms with Crippen LogP contribution >= 0.6 is 0 Å². The Morgan fingerprint density at radius 3 is 2.91 bits per heavy atom. The quantitative estimate of drug-likeness (QED) is 0.468. The van der Waals surface area contributed by atoms with Crippen LogP contribution in [0.15, 0.2) is 41.5 Å². The van der Waals surface area contributed by atoms with Crippen molar-refractivity contribution in [1.29, 1.82) is 0 Å². The lowest BCUT2D eigenvalue weighted by Gasteiger charge is -2.17. The van der Waals surface area contributed by atoms with E-state index in [1.807, 2.05) is 0 Å². The topological polar surface area (TPSA) is 50.6 Å². The normalized spacial score (nSPS) is 13.3. The highest BCUT2D eigenvalue weighted by Gasteiger charge is 2.04. The maximum atomic E-state index is 5.12. The van der Waals surface area contributed by atoms with E-state index in [4.69, 9.17) is 4.74 Å². The summed E-state index contributed by atoms with van der Waals surface area (Å²) in [5.74, 6) is 0.821. The number of nitrogens with one attached hydrogen (secondary N) is 2.